The number of hydrogen-bond acceptors (Lipinski definition) is 3. The van der Waals surface area contributed by atoms with Crippen molar-refractivity contribution in [1.29, 1.82) is 0 Å². The molecular weight excluding hydrogens is 450 g/mol. The molecule has 4 rings (SSSR count). The highest BCUT2D eigenvalue weighted by Gasteiger charge is 2.41. The van der Waals surface area contributed by atoms with E-state index in [9.17, 15) is 18.4 Å². The number of ether oxygens (including phenoxy) is 1. The molecule has 1 N–H and O–H groups in total. The zero-order valence-electron chi connectivity index (χ0n) is 17.7. The van der Waals surface area contributed by atoms with E-state index in [4.69, 9.17) is 16.3 Å². The van der Waals surface area contributed by atoms with E-state index in [0.717, 1.165) is 0 Å². The number of hydrogen-bond donors (Lipinski definition) is 1. The van der Waals surface area contributed by atoms with Gasteiger partial charge in [-0.2, -0.15) is 0 Å². The van der Waals surface area contributed by atoms with Gasteiger partial charge in [-0.1, -0.05) is 23.7 Å². The van der Waals surface area contributed by atoms with Gasteiger partial charge in [0.2, 0.25) is 11.8 Å². The van der Waals surface area contributed by atoms with Crippen LogP contribution in [0.25, 0.3) is 0 Å². The summed E-state index contributed by atoms with van der Waals surface area (Å²) in [6.45, 7) is 0. The van der Waals surface area contributed by atoms with Gasteiger partial charge in [0.25, 0.3) is 0 Å². The van der Waals surface area contributed by atoms with Crippen molar-refractivity contribution in [2.45, 2.75) is 18.9 Å². The first kappa shape index (κ1) is 22.7. The van der Waals surface area contributed by atoms with Crippen molar-refractivity contribution in [3.8, 4) is 5.75 Å². The largest absolute Gasteiger partial charge is 0.497 e. The molecule has 1 aliphatic rings. The third kappa shape index (κ3) is 4.83. The molecule has 170 valence electrons. The number of carbonyl (C=O) groups excluding carboxylic acids is 2. The summed E-state index contributed by atoms with van der Waals surface area (Å²) >= 11 is 5.84. The summed E-state index contributed by atoms with van der Waals surface area (Å²) in [6.07, 6.45) is 0.459. The Hall–Kier alpha value is -3.45. The lowest BCUT2D eigenvalue weighted by Crippen LogP contribution is -2.47. The Morgan fingerprint density at radius 3 is 2.39 bits per heavy atom. The van der Waals surface area contributed by atoms with E-state index < -0.39 is 23.6 Å². The molecule has 0 saturated carbocycles. The minimum atomic E-state index is -0.670. The molecule has 0 unspecified atom stereocenters. The maximum atomic E-state index is 13.6. The van der Waals surface area contributed by atoms with Crippen molar-refractivity contribution in [2.75, 3.05) is 17.3 Å². The number of rotatable bonds is 5. The van der Waals surface area contributed by atoms with Gasteiger partial charge in [-0.3, -0.25) is 9.59 Å². The fourth-order valence-corrected chi connectivity index (χ4v) is 4.24. The second-order valence-electron chi connectivity index (χ2n) is 7.72. The predicted molar refractivity (Wildman–Crippen MR) is 122 cm³/mol. The van der Waals surface area contributed by atoms with E-state index in [-0.39, 0.29) is 23.3 Å². The van der Waals surface area contributed by atoms with Crippen molar-refractivity contribution in [3.05, 3.63) is 89.0 Å². The average molecular weight is 471 g/mol. The zero-order valence-corrected chi connectivity index (χ0v) is 18.5. The van der Waals surface area contributed by atoms with Crippen LogP contribution in [-0.4, -0.2) is 18.9 Å². The quantitative estimate of drug-likeness (QED) is 0.516. The topological polar surface area (TPSA) is 58.6 Å². The highest BCUT2D eigenvalue weighted by atomic mass is 35.5. The maximum absolute atomic E-state index is 13.6. The molecule has 2 amide bonds. The molecule has 3 aromatic rings. The van der Waals surface area contributed by atoms with Crippen LogP contribution in [0.5, 0.6) is 5.75 Å². The summed E-state index contributed by atoms with van der Waals surface area (Å²) in [5.41, 5.74) is 1.56. The molecule has 1 fully saturated rings. The van der Waals surface area contributed by atoms with Gasteiger partial charge in [0, 0.05) is 17.8 Å². The second kappa shape index (κ2) is 9.58. The fraction of sp³-hybridized carbons (Fsp3) is 0.200. The molecule has 1 aliphatic heterocycles. The fourth-order valence-electron chi connectivity index (χ4n) is 4.06. The number of nitrogens with one attached hydrogen (secondary N) is 1. The molecule has 8 heteroatoms. The lowest BCUT2D eigenvalue weighted by Gasteiger charge is -2.41. The molecule has 2 atom stereocenters. The Labute approximate surface area is 194 Å². The molecule has 3 aromatic carbocycles. The summed E-state index contributed by atoms with van der Waals surface area (Å²) in [5.74, 6) is -1.52. The van der Waals surface area contributed by atoms with E-state index in [2.05, 4.69) is 5.32 Å². The Morgan fingerprint density at radius 2 is 1.76 bits per heavy atom. The summed E-state index contributed by atoms with van der Waals surface area (Å²) in [6, 6.07) is 15.9. The summed E-state index contributed by atoms with van der Waals surface area (Å²) in [4.78, 5) is 27.9. The maximum Gasteiger partial charge on any atom is 0.229 e. The van der Waals surface area contributed by atoms with Crippen LogP contribution in [0, 0.1) is 17.6 Å². The van der Waals surface area contributed by atoms with Crippen molar-refractivity contribution in [2.24, 2.45) is 5.92 Å². The summed E-state index contributed by atoms with van der Waals surface area (Å²) < 4.78 is 32.4. The number of carbonyl (C=O) groups is 2. The number of benzene rings is 3. The van der Waals surface area contributed by atoms with Gasteiger partial charge >= 0.3 is 0 Å². The number of piperidine rings is 1. The first-order valence-corrected chi connectivity index (χ1v) is 10.7. The van der Waals surface area contributed by atoms with Gasteiger partial charge < -0.3 is 15.0 Å². The molecule has 0 aromatic heterocycles. The number of amides is 2. The van der Waals surface area contributed by atoms with Crippen LogP contribution in [0.4, 0.5) is 20.2 Å². The Bertz CT molecular complexity index is 1170. The van der Waals surface area contributed by atoms with Crippen LogP contribution in [0.2, 0.25) is 5.02 Å². The van der Waals surface area contributed by atoms with Crippen LogP contribution in [-0.2, 0) is 9.59 Å². The van der Waals surface area contributed by atoms with E-state index in [1.54, 1.807) is 48.4 Å². The number of methoxy groups -OCH3 is 1. The van der Waals surface area contributed by atoms with E-state index >= 15 is 0 Å². The minimum Gasteiger partial charge on any atom is -0.497 e. The number of anilines is 2. The predicted octanol–water partition coefficient (Wildman–Crippen LogP) is 5.75. The molecule has 33 heavy (non-hydrogen) atoms. The van der Waals surface area contributed by atoms with Gasteiger partial charge in [-0.05, 0) is 66.6 Å². The van der Waals surface area contributed by atoms with Crippen molar-refractivity contribution >= 4 is 34.8 Å². The molecule has 0 radical (unpaired) electrons. The highest BCUT2D eigenvalue weighted by molar-refractivity contribution is 6.31. The van der Waals surface area contributed by atoms with Crippen LogP contribution in [0.1, 0.15) is 24.4 Å². The molecule has 0 aliphatic carbocycles. The lowest BCUT2D eigenvalue weighted by atomic mass is 9.83. The first-order valence-electron chi connectivity index (χ1n) is 10.3. The van der Waals surface area contributed by atoms with Crippen molar-refractivity contribution < 1.29 is 23.1 Å². The normalized spacial score (nSPS) is 18.2. The van der Waals surface area contributed by atoms with E-state index in [1.807, 2.05) is 0 Å². The summed E-state index contributed by atoms with van der Waals surface area (Å²) in [7, 11) is 1.55. The van der Waals surface area contributed by atoms with Gasteiger partial charge in [0.05, 0.1) is 24.1 Å². The second-order valence-corrected chi connectivity index (χ2v) is 8.13. The Balaban J connectivity index is 1.72. The highest BCUT2D eigenvalue weighted by Crippen LogP contribution is 2.41. The molecule has 0 bridgehead atoms. The standard InChI is InChI=1S/C25H21ClF2N2O3/c1-33-19-9-7-18(8-10-19)30-23(31)13-11-20(24(30)15-2-4-16(27)5-3-15)25(32)29-17-6-12-22(28)21(26)14-17/h2-10,12,14,20,24H,11,13H2,1H3,(H,29,32)/t20-,24+/m1/s1. The Kier molecular flexibility index (Phi) is 6.60. The van der Waals surface area contributed by atoms with Crippen LogP contribution in [0.3, 0.4) is 0 Å². The third-order valence-electron chi connectivity index (χ3n) is 5.68. The molecular formula is C25H21ClF2N2O3. The van der Waals surface area contributed by atoms with Gasteiger partial charge in [0.1, 0.15) is 17.4 Å². The van der Waals surface area contributed by atoms with Gasteiger partial charge in [0.15, 0.2) is 0 Å². The number of halogens is 3. The molecule has 1 saturated heterocycles. The minimum absolute atomic E-state index is 0.110. The number of nitrogens with zero attached hydrogens (tertiary/aromatic N) is 1. The van der Waals surface area contributed by atoms with Crippen molar-refractivity contribution in [3.63, 3.8) is 0 Å². The molecule has 1 heterocycles. The molecule has 0 spiro atoms. The zero-order chi connectivity index (χ0) is 23.5. The van der Waals surface area contributed by atoms with E-state index in [1.165, 1.54) is 30.3 Å². The van der Waals surface area contributed by atoms with Crippen LogP contribution >= 0.6 is 11.6 Å². The Morgan fingerprint density at radius 1 is 1.06 bits per heavy atom. The van der Waals surface area contributed by atoms with E-state index in [0.29, 0.717) is 29.1 Å². The smallest absolute Gasteiger partial charge is 0.229 e. The third-order valence-corrected chi connectivity index (χ3v) is 5.97. The first-order chi connectivity index (χ1) is 15.9. The van der Waals surface area contributed by atoms with Crippen LogP contribution < -0.4 is 15.0 Å². The molecule has 5 nitrogen and oxygen atoms in total. The van der Waals surface area contributed by atoms with Crippen LogP contribution in [0.15, 0.2) is 66.7 Å². The SMILES string of the molecule is COc1ccc(N2C(=O)CC[C@@H](C(=O)Nc3ccc(F)c(Cl)c3)[C@@H]2c2ccc(F)cc2)cc1. The lowest BCUT2D eigenvalue weighted by molar-refractivity contribution is -0.125. The summed E-state index contributed by atoms with van der Waals surface area (Å²) in [5, 5.41) is 2.66. The van der Waals surface area contributed by atoms with Gasteiger partial charge in [-0.15, -0.1) is 0 Å². The average Bonchev–Trinajstić information content (AvgIpc) is 2.82. The monoisotopic (exact) mass is 470 g/mol. The van der Waals surface area contributed by atoms with Crippen molar-refractivity contribution in [1.82, 2.24) is 0 Å². The van der Waals surface area contributed by atoms with Gasteiger partial charge in [-0.25, -0.2) is 8.78 Å².